The molecule has 0 unspecified atom stereocenters. The number of nitrogens with one attached hydrogen (secondary N) is 1. The van der Waals surface area contributed by atoms with Crippen LogP contribution in [0.3, 0.4) is 0 Å². The Labute approximate surface area is 162 Å². The second kappa shape index (κ2) is 8.11. The van der Waals surface area contributed by atoms with Crippen LogP contribution >= 0.6 is 11.8 Å². The van der Waals surface area contributed by atoms with E-state index in [-0.39, 0.29) is 5.56 Å². The average Bonchev–Trinajstić information content (AvgIpc) is 2.66. The van der Waals surface area contributed by atoms with E-state index in [1.54, 1.807) is 0 Å². The molecule has 2 aromatic carbocycles. The van der Waals surface area contributed by atoms with Crippen LogP contribution < -0.4 is 10.3 Å². The predicted molar refractivity (Wildman–Crippen MR) is 107 cm³/mol. The molecule has 0 saturated carbocycles. The average molecular weight is 377 g/mol. The summed E-state index contributed by atoms with van der Waals surface area (Å²) in [5, 5.41) is 9.91. The van der Waals surface area contributed by atoms with Gasteiger partial charge in [0.05, 0.1) is 5.69 Å². The second-order valence-electron chi connectivity index (χ2n) is 6.12. The Morgan fingerprint density at radius 1 is 1.19 bits per heavy atom. The minimum absolute atomic E-state index is 0.0250. The molecule has 3 aromatic rings. The summed E-state index contributed by atoms with van der Waals surface area (Å²) in [6.45, 7) is 4.34. The van der Waals surface area contributed by atoms with Crippen molar-refractivity contribution in [3.05, 3.63) is 75.1 Å². The van der Waals surface area contributed by atoms with Gasteiger partial charge in [0.25, 0.3) is 5.56 Å². The number of thioether (sulfide) groups is 1. The summed E-state index contributed by atoms with van der Waals surface area (Å²) in [6.07, 6.45) is 1.83. The van der Waals surface area contributed by atoms with E-state index in [0.29, 0.717) is 17.5 Å². The maximum atomic E-state index is 12.2. The van der Waals surface area contributed by atoms with Crippen molar-refractivity contribution in [1.82, 2.24) is 9.97 Å². The molecule has 0 spiro atoms. The Hall–Kier alpha value is -3.04. The molecule has 0 aliphatic rings. The van der Waals surface area contributed by atoms with Gasteiger partial charge in [0.1, 0.15) is 24.0 Å². The minimum Gasteiger partial charge on any atom is -0.489 e. The van der Waals surface area contributed by atoms with E-state index in [4.69, 9.17) is 4.74 Å². The molecule has 1 N–H and O–H groups in total. The molecule has 0 amide bonds. The van der Waals surface area contributed by atoms with Gasteiger partial charge in [0, 0.05) is 5.56 Å². The molecular formula is C21H19N3O2S. The summed E-state index contributed by atoms with van der Waals surface area (Å²) >= 11 is 1.33. The largest absolute Gasteiger partial charge is 0.489 e. The molecule has 1 aromatic heterocycles. The first-order valence-corrected chi connectivity index (χ1v) is 9.62. The molecule has 0 fully saturated rings. The number of aromatic amines is 1. The molecule has 1 heterocycles. The van der Waals surface area contributed by atoms with Crippen molar-refractivity contribution in [2.24, 2.45) is 0 Å². The number of hydrogen-bond donors (Lipinski definition) is 1. The fraction of sp³-hybridized carbons (Fsp3) is 0.190. The number of hydrogen-bond acceptors (Lipinski definition) is 5. The molecule has 136 valence electrons. The highest BCUT2D eigenvalue weighted by Gasteiger charge is 2.18. The summed E-state index contributed by atoms with van der Waals surface area (Å²) in [5.41, 5.74) is 3.70. The van der Waals surface area contributed by atoms with E-state index in [1.807, 2.05) is 68.6 Å². The quantitative estimate of drug-likeness (QED) is 0.532. The maximum Gasteiger partial charge on any atom is 0.270 e. The van der Waals surface area contributed by atoms with Crippen molar-refractivity contribution >= 4 is 11.8 Å². The molecule has 0 atom stereocenters. The first kappa shape index (κ1) is 18.7. The van der Waals surface area contributed by atoms with Crippen molar-refractivity contribution in [3.8, 4) is 23.1 Å². The Morgan fingerprint density at radius 3 is 2.44 bits per heavy atom. The van der Waals surface area contributed by atoms with Crippen LogP contribution in [0.4, 0.5) is 0 Å². The van der Waals surface area contributed by atoms with Crippen molar-refractivity contribution in [1.29, 1.82) is 5.26 Å². The van der Waals surface area contributed by atoms with E-state index in [1.165, 1.54) is 11.8 Å². The lowest BCUT2D eigenvalue weighted by Crippen LogP contribution is -2.15. The highest BCUT2D eigenvalue weighted by molar-refractivity contribution is 7.98. The summed E-state index contributed by atoms with van der Waals surface area (Å²) in [5.74, 6) is 0.742. The number of ether oxygens (including phenoxy) is 1. The summed E-state index contributed by atoms with van der Waals surface area (Å²) < 4.78 is 5.91. The summed E-state index contributed by atoms with van der Waals surface area (Å²) in [6, 6.07) is 15.7. The van der Waals surface area contributed by atoms with Crippen LogP contribution in [0.25, 0.3) is 11.3 Å². The van der Waals surface area contributed by atoms with Crippen LogP contribution in [0, 0.1) is 25.2 Å². The smallest absolute Gasteiger partial charge is 0.270 e. The zero-order chi connectivity index (χ0) is 19.4. The number of aromatic nitrogens is 2. The van der Waals surface area contributed by atoms with Crippen molar-refractivity contribution in [3.63, 3.8) is 0 Å². The summed E-state index contributed by atoms with van der Waals surface area (Å²) in [4.78, 5) is 19.3. The molecule has 0 aliphatic carbocycles. The zero-order valence-electron chi connectivity index (χ0n) is 15.4. The highest BCUT2D eigenvalue weighted by atomic mass is 32.2. The van der Waals surface area contributed by atoms with Crippen molar-refractivity contribution < 1.29 is 4.74 Å². The lowest BCUT2D eigenvalue weighted by molar-refractivity contribution is 0.306. The number of nitriles is 1. The molecule has 3 rings (SSSR count). The van der Waals surface area contributed by atoms with E-state index >= 15 is 0 Å². The lowest BCUT2D eigenvalue weighted by atomic mass is 9.97. The van der Waals surface area contributed by atoms with Crippen LogP contribution in [0.15, 0.2) is 52.4 Å². The SMILES string of the molecule is CSc1nc(-c2c(C)cc(OCc3ccccc3)cc2C)c(C#N)c(=O)[nH]1. The Kier molecular flexibility index (Phi) is 5.63. The van der Waals surface area contributed by atoms with Crippen LogP contribution in [-0.2, 0) is 6.61 Å². The lowest BCUT2D eigenvalue weighted by Gasteiger charge is -2.14. The molecule has 6 heteroatoms. The normalized spacial score (nSPS) is 10.4. The summed E-state index contributed by atoms with van der Waals surface area (Å²) in [7, 11) is 0. The van der Waals surface area contributed by atoms with Gasteiger partial charge in [-0.2, -0.15) is 5.26 Å². The molecule has 0 bridgehead atoms. The topological polar surface area (TPSA) is 78.8 Å². The monoisotopic (exact) mass is 377 g/mol. The molecule has 27 heavy (non-hydrogen) atoms. The first-order chi connectivity index (χ1) is 13.0. The second-order valence-corrected chi connectivity index (χ2v) is 6.91. The fourth-order valence-corrected chi connectivity index (χ4v) is 3.33. The van der Waals surface area contributed by atoms with Crippen molar-refractivity contribution in [2.75, 3.05) is 6.26 Å². The highest BCUT2D eigenvalue weighted by Crippen LogP contribution is 2.31. The minimum atomic E-state index is -0.421. The van der Waals surface area contributed by atoms with Crippen molar-refractivity contribution in [2.45, 2.75) is 25.6 Å². The van der Waals surface area contributed by atoms with Crippen LogP contribution in [0.1, 0.15) is 22.3 Å². The number of nitrogens with zero attached hydrogens (tertiary/aromatic N) is 2. The van der Waals surface area contributed by atoms with E-state index in [9.17, 15) is 10.1 Å². The number of benzene rings is 2. The van der Waals surface area contributed by atoms with Gasteiger partial charge in [0.2, 0.25) is 0 Å². The van der Waals surface area contributed by atoms with Crippen LogP contribution in [0.2, 0.25) is 0 Å². The van der Waals surface area contributed by atoms with Gasteiger partial charge in [-0.1, -0.05) is 42.1 Å². The number of aryl methyl sites for hydroxylation is 2. The van der Waals surface area contributed by atoms with Crippen LogP contribution in [0.5, 0.6) is 5.75 Å². The standard InChI is InChI=1S/C21H19N3O2S/c1-13-9-16(26-12-15-7-5-4-6-8-15)10-14(2)18(13)19-17(11-22)20(25)24-21(23-19)27-3/h4-10H,12H2,1-3H3,(H,23,24,25). The van der Waals surface area contributed by atoms with E-state index in [2.05, 4.69) is 9.97 Å². The molecule has 0 radical (unpaired) electrons. The van der Waals surface area contributed by atoms with Gasteiger partial charge in [0.15, 0.2) is 5.16 Å². The first-order valence-electron chi connectivity index (χ1n) is 8.40. The Balaban J connectivity index is 2.00. The molecule has 0 saturated heterocycles. The third-order valence-electron chi connectivity index (χ3n) is 4.19. The maximum absolute atomic E-state index is 12.2. The third kappa shape index (κ3) is 4.04. The Bertz CT molecular complexity index is 1050. The van der Waals surface area contributed by atoms with Gasteiger partial charge >= 0.3 is 0 Å². The molecule has 5 nitrogen and oxygen atoms in total. The van der Waals surface area contributed by atoms with Gasteiger partial charge in [-0.15, -0.1) is 0 Å². The zero-order valence-corrected chi connectivity index (χ0v) is 16.2. The van der Waals surface area contributed by atoms with Gasteiger partial charge in [-0.3, -0.25) is 4.79 Å². The fourth-order valence-electron chi connectivity index (χ4n) is 2.96. The number of H-pyrrole nitrogens is 1. The Morgan fingerprint density at radius 2 is 1.85 bits per heavy atom. The van der Waals surface area contributed by atoms with E-state index in [0.717, 1.165) is 28.0 Å². The van der Waals surface area contributed by atoms with Gasteiger partial charge < -0.3 is 9.72 Å². The third-order valence-corrected chi connectivity index (χ3v) is 4.77. The predicted octanol–water partition coefficient (Wildman–Crippen LogP) is 4.23. The van der Waals surface area contributed by atoms with Crippen LogP contribution in [-0.4, -0.2) is 16.2 Å². The van der Waals surface area contributed by atoms with Gasteiger partial charge in [-0.25, -0.2) is 4.98 Å². The number of rotatable bonds is 5. The molecular weight excluding hydrogens is 358 g/mol. The van der Waals surface area contributed by atoms with E-state index < -0.39 is 5.56 Å². The molecule has 0 aliphatic heterocycles. The van der Waals surface area contributed by atoms with Gasteiger partial charge in [-0.05, 0) is 48.9 Å².